The maximum absolute atomic E-state index is 13.5. The molecule has 1 amide bonds. The van der Waals surface area contributed by atoms with Crippen molar-refractivity contribution in [3.63, 3.8) is 0 Å². The molecule has 37 heavy (non-hydrogen) atoms. The maximum atomic E-state index is 13.5. The van der Waals surface area contributed by atoms with Gasteiger partial charge in [0.2, 0.25) is 11.8 Å². The second-order valence-corrected chi connectivity index (χ2v) is 9.51. The molecule has 0 unspecified atom stereocenters. The fourth-order valence-electron chi connectivity index (χ4n) is 5.21. The van der Waals surface area contributed by atoms with Gasteiger partial charge in [-0.1, -0.05) is 19.1 Å². The van der Waals surface area contributed by atoms with Gasteiger partial charge in [0, 0.05) is 45.6 Å². The molecule has 190 valence electrons. The third-order valence-corrected chi connectivity index (χ3v) is 7.30. The number of hydrogen-bond donors (Lipinski definition) is 0. The molecule has 2 aliphatic heterocycles. The molecule has 2 aliphatic rings. The van der Waals surface area contributed by atoms with Crippen LogP contribution < -0.4 is 4.90 Å². The summed E-state index contributed by atoms with van der Waals surface area (Å²) in [6.07, 6.45) is 2.09. The van der Waals surface area contributed by atoms with E-state index in [0.717, 1.165) is 23.3 Å². The molecule has 11 nitrogen and oxygen atoms in total. The van der Waals surface area contributed by atoms with Gasteiger partial charge in [0.15, 0.2) is 17.0 Å². The minimum absolute atomic E-state index is 0.00334. The lowest BCUT2D eigenvalue weighted by atomic mass is 9.98. The molecule has 0 bridgehead atoms. The van der Waals surface area contributed by atoms with Crippen LogP contribution in [0.3, 0.4) is 0 Å². The second-order valence-electron chi connectivity index (χ2n) is 9.51. The number of aryl methyl sites for hydroxylation is 2. The summed E-state index contributed by atoms with van der Waals surface area (Å²) in [7, 11) is 1.83. The standard InChI is InChI=1S/C26H29N9O2/c1-3-20-28-18-6-4-5-7-19(18)35(20)26-30-22-21(23(31-26)33-12-14-37-15-13-33)29-24(32(22)2)25(36)34-10-8-17(16-27)9-11-34/h4-7,17H,3,8-15H2,1-2H3. The first-order valence-corrected chi connectivity index (χ1v) is 12.8. The lowest BCUT2D eigenvalue weighted by Gasteiger charge is -2.28. The van der Waals surface area contributed by atoms with Crippen LogP contribution >= 0.6 is 0 Å². The van der Waals surface area contributed by atoms with E-state index in [9.17, 15) is 10.1 Å². The molecule has 5 heterocycles. The molecule has 6 rings (SSSR count). The van der Waals surface area contributed by atoms with Crippen LogP contribution in [0.1, 0.15) is 36.2 Å². The number of ether oxygens (including phenoxy) is 1. The van der Waals surface area contributed by atoms with E-state index in [4.69, 9.17) is 24.7 Å². The summed E-state index contributed by atoms with van der Waals surface area (Å²) in [5, 5.41) is 9.23. The smallest absolute Gasteiger partial charge is 0.289 e. The van der Waals surface area contributed by atoms with E-state index in [1.54, 1.807) is 9.47 Å². The van der Waals surface area contributed by atoms with Crippen molar-refractivity contribution >= 4 is 33.9 Å². The highest BCUT2D eigenvalue weighted by Crippen LogP contribution is 2.29. The molecule has 0 saturated carbocycles. The Labute approximate surface area is 214 Å². The quantitative estimate of drug-likeness (QED) is 0.420. The van der Waals surface area contributed by atoms with E-state index < -0.39 is 0 Å². The summed E-state index contributed by atoms with van der Waals surface area (Å²) in [5.41, 5.74) is 3.02. The molecular weight excluding hydrogens is 470 g/mol. The molecular formula is C26H29N9O2. The largest absolute Gasteiger partial charge is 0.378 e. The van der Waals surface area contributed by atoms with Crippen molar-refractivity contribution in [2.75, 3.05) is 44.3 Å². The van der Waals surface area contributed by atoms with Crippen molar-refractivity contribution in [1.29, 1.82) is 5.26 Å². The molecule has 0 radical (unpaired) electrons. The third-order valence-electron chi connectivity index (χ3n) is 7.30. The number of imidazole rings is 2. The molecule has 11 heteroatoms. The highest BCUT2D eigenvalue weighted by atomic mass is 16.5. The summed E-state index contributed by atoms with van der Waals surface area (Å²) in [6.45, 7) is 5.72. The normalized spacial score (nSPS) is 17.0. The number of piperidine rings is 1. The average Bonchev–Trinajstić information content (AvgIpc) is 3.50. The molecule has 0 N–H and O–H groups in total. The first-order valence-electron chi connectivity index (χ1n) is 12.8. The number of anilines is 1. The van der Waals surface area contributed by atoms with Crippen molar-refractivity contribution in [1.82, 2.24) is 34.0 Å². The van der Waals surface area contributed by atoms with E-state index in [-0.39, 0.29) is 11.8 Å². The Bertz CT molecular complexity index is 1520. The minimum atomic E-state index is -0.145. The predicted octanol–water partition coefficient (Wildman–Crippen LogP) is 2.48. The summed E-state index contributed by atoms with van der Waals surface area (Å²) in [6, 6.07) is 10.3. The molecule has 3 aromatic heterocycles. The van der Waals surface area contributed by atoms with Crippen molar-refractivity contribution in [2.45, 2.75) is 26.2 Å². The number of morpholine rings is 1. The Hall–Kier alpha value is -4.04. The Balaban J connectivity index is 1.50. The topological polar surface area (TPSA) is 118 Å². The zero-order chi connectivity index (χ0) is 25.5. The van der Waals surface area contributed by atoms with Crippen LogP contribution in [0.5, 0.6) is 0 Å². The van der Waals surface area contributed by atoms with Gasteiger partial charge in [-0.2, -0.15) is 15.2 Å². The van der Waals surface area contributed by atoms with Crippen LogP contribution in [-0.4, -0.2) is 79.3 Å². The lowest BCUT2D eigenvalue weighted by molar-refractivity contribution is 0.0691. The number of para-hydroxylation sites is 2. The highest BCUT2D eigenvalue weighted by Gasteiger charge is 2.30. The van der Waals surface area contributed by atoms with E-state index in [1.807, 2.05) is 35.9 Å². The molecule has 0 atom stereocenters. The van der Waals surface area contributed by atoms with Gasteiger partial charge in [0.1, 0.15) is 5.82 Å². The lowest BCUT2D eigenvalue weighted by Crippen LogP contribution is -2.39. The number of nitriles is 1. The van der Waals surface area contributed by atoms with Gasteiger partial charge in [-0.3, -0.25) is 9.36 Å². The fourth-order valence-corrected chi connectivity index (χ4v) is 5.21. The molecule has 0 spiro atoms. The number of hydrogen-bond acceptors (Lipinski definition) is 8. The summed E-state index contributed by atoms with van der Waals surface area (Å²) < 4.78 is 9.36. The first kappa shape index (κ1) is 23.4. The molecule has 2 saturated heterocycles. The van der Waals surface area contributed by atoms with Crippen molar-refractivity contribution < 1.29 is 9.53 Å². The minimum Gasteiger partial charge on any atom is -0.378 e. The van der Waals surface area contributed by atoms with Crippen LogP contribution in [-0.2, 0) is 18.2 Å². The van der Waals surface area contributed by atoms with E-state index in [0.29, 0.717) is 81.0 Å². The number of benzene rings is 1. The summed E-state index contributed by atoms with van der Waals surface area (Å²) >= 11 is 0. The summed E-state index contributed by atoms with van der Waals surface area (Å²) in [4.78, 5) is 37.0. The van der Waals surface area contributed by atoms with Gasteiger partial charge in [0.05, 0.1) is 30.3 Å². The van der Waals surface area contributed by atoms with E-state index in [1.165, 1.54) is 0 Å². The van der Waals surface area contributed by atoms with Crippen molar-refractivity contribution in [3.05, 3.63) is 35.9 Å². The Morgan fingerprint density at radius 1 is 1.08 bits per heavy atom. The SMILES string of the molecule is CCc1nc2ccccc2n1-c1nc(N2CCOCC2)c2nc(C(=O)N3CCC(C#N)CC3)n(C)c2n1. The van der Waals surface area contributed by atoms with Gasteiger partial charge in [-0.25, -0.2) is 9.97 Å². The van der Waals surface area contributed by atoms with Crippen LogP contribution in [0.25, 0.3) is 28.1 Å². The Morgan fingerprint density at radius 3 is 2.57 bits per heavy atom. The van der Waals surface area contributed by atoms with Crippen LogP contribution in [0, 0.1) is 17.2 Å². The number of carbonyl (C=O) groups excluding carboxylic acids is 1. The first-order chi connectivity index (χ1) is 18.1. The number of fused-ring (bicyclic) bond motifs is 2. The molecule has 0 aliphatic carbocycles. The number of carbonyl (C=O) groups is 1. The number of likely N-dealkylation sites (tertiary alicyclic amines) is 1. The van der Waals surface area contributed by atoms with Crippen LogP contribution in [0.4, 0.5) is 5.82 Å². The van der Waals surface area contributed by atoms with Gasteiger partial charge >= 0.3 is 0 Å². The monoisotopic (exact) mass is 499 g/mol. The average molecular weight is 500 g/mol. The third kappa shape index (κ3) is 3.97. The molecule has 2 fully saturated rings. The van der Waals surface area contributed by atoms with E-state index in [2.05, 4.69) is 17.9 Å². The van der Waals surface area contributed by atoms with Gasteiger partial charge in [-0.05, 0) is 25.0 Å². The van der Waals surface area contributed by atoms with E-state index >= 15 is 0 Å². The van der Waals surface area contributed by atoms with Crippen LogP contribution in [0.2, 0.25) is 0 Å². The highest BCUT2D eigenvalue weighted by molar-refractivity contribution is 5.96. The zero-order valence-corrected chi connectivity index (χ0v) is 21.1. The van der Waals surface area contributed by atoms with Crippen molar-refractivity contribution in [3.8, 4) is 12.0 Å². The fraction of sp³-hybridized carbons (Fsp3) is 0.462. The second kappa shape index (κ2) is 9.44. The van der Waals surface area contributed by atoms with Gasteiger partial charge in [-0.15, -0.1) is 0 Å². The number of nitrogens with zero attached hydrogens (tertiary/aromatic N) is 9. The zero-order valence-electron chi connectivity index (χ0n) is 21.1. The Kier molecular flexibility index (Phi) is 5.96. The number of amides is 1. The van der Waals surface area contributed by atoms with Crippen molar-refractivity contribution in [2.24, 2.45) is 13.0 Å². The number of aromatic nitrogens is 6. The predicted molar refractivity (Wildman–Crippen MR) is 138 cm³/mol. The maximum Gasteiger partial charge on any atom is 0.289 e. The molecule has 1 aromatic carbocycles. The van der Waals surface area contributed by atoms with Gasteiger partial charge in [0.25, 0.3) is 5.91 Å². The van der Waals surface area contributed by atoms with Gasteiger partial charge < -0.3 is 19.1 Å². The van der Waals surface area contributed by atoms with Crippen LogP contribution in [0.15, 0.2) is 24.3 Å². The molecule has 4 aromatic rings. The Morgan fingerprint density at radius 2 is 1.84 bits per heavy atom. The number of rotatable bonds is 4. The summed E-state index contributed by atoms with van der Waals surface area (Å²) in [5.74, 6) is 2.26.